The Labute approximate surface area is 124 Å². The number of Topliss-reactive ketones (excluding diaryl/α,β-unsaturated/α-hetero) is 2. The fourth-order valence-electron chi connectivity index (χ4n) is 3.04. The highest BCUT2D eigenvalue weighted by molar-refractivity contribution is 6.15. The number of carbonyl (C=O) groups excluding carboxylic acids is 3. The number of rotatable bonds is 4. The van der Waals surface area contributed by atoms with Crippen LogP contribution in [0.4, 0.5) is 0 Å². The molecule has 0 radical (unpaired) electrons. The molecule has 0 saturated carbocycles. The fraction of sp³-hybridized carbons (Fsp3) is 0.471. The lowest BCUT2D eigenvalue weighted by atomic mass is 9.74. The van der Waals surface area contributed by atoms with Gasteiger partial charge in [0, 0.05) is 12.0 Å². The smallest absolute Gasteiger partial charge is 0.320 e. The quantitative estimate of drug-likeness (QED) is 0.485. The van der Waals surface area contributed by atoms with Gasteiger partial charge in [-0.1, -0.05) is 24.3 Å². The summed E-state index contributed by atoms with van der Waals surface area (Å²) < 4.78 is 5.11. The monoisotopic (exact) mass is 288 g/mol. The minimum atomic E-state index is -1.35. The molecular formula is C17H20O4. The molecule has 1 aliphatic rings. The summed E-state index contributed by atoms with van der Waals surface area (Å²) >= 11 is 0. The third-order valence-electron chi connectivity index (χ3n) is 3.96. The molecule has 112 valence electrons. The van der Waals surface area contributed by atoms with Crippen LogP contribution in [-0.2, 0) is 20.7 Å². The van der Waals surface area contributed by atoms with Crippen LogP contribution in [0.25, 0.3) is 0 Å². The van der Waals surface area contributed by atoms with E-state index in [4.69, 9.17) is 4.74 Å². The summed E-state index contributed by atoms with van der Waals surface area (Å²) in [5.41, 5.74) is 0.135. The van der Waals surface area contributed by atoms with Crippen molar-refractivity contribution in [3.63, 3.8) is 0 Å². The second kappa shape index (κ2) is 6.20. The summed E-state index contributed by atoms with van der Waals surface area (Å²) in [6.07, 6.45) is 1.70. The highest BCUT2D eigenvalue weighted by atomic mass is 16.5. The van der Waals surface area contributed by atoms with Crippen molar-refractivity contribution >= 4 is 17.5 Å². The molecule has 0 bridgehead atoms. The Morgan fingerprint density at radius 1 is 1.29 bits per heavy atom. The minimum Gasteiger partial charge on any atom is -0.465 e. The number of hydrogen-bond donors (Lipinski definition) is 0. The Morgan fingerprint density at radius 2 is 2.00 bits per heavy atom. The van der Waals surface area contributed by atoms with Gasteiger partial charge in [0.25, 0.3) is 0 Å². The zero-order chi connectivity index (χ0) is 15.5. The van der Waals surface area contributed by atoms with Crippen LogP contribution in [0.5, 0.6) is 0 Å². The molecule has 1 aliphatic carbocycles. The van der Waals surface area contributed by atoms with Crippen molar-refractivity contribution in [1.82, 2.24) is 0 Å². The van der Waals surface area contributed by atoms with Crippen molar-refractivity contribution < 1.29 is 19.1 Å². The van der Waals surface area contributed by atoms with E-state index in [-0.39, 0.29) is 24.6 Å². The van der Waals surface area contributed by atoms with E-state index in [9.17, 15) is 14.4 Å². The first-order valence-electron chi connectivity index (χ1n) is 7.30. The molecule has 0 aliphatic heterocycles. The van der Waals surface area contributed by atoms with Gasteiger partial charge in [0.1, 0.15) is 11.2 Å². The van der Waals surface area contributed by atoms with Crippen LogP contribution in [0.1, 0.15) is 49.0 Å². The first kappa shape index (κ1) is 15.4. The van der Waals surface area contributed by atoms with Gasteiger partial charge in [-0.25, -0.2) is 0 Å². The molecule has 0 amide bonds. The maximum atomic E-state index is 13.0. The standard InChI is InChI=1S/C17H20O4/c1-3-21-16(20)17(11-12(2)18)10-6-8-13-7-4-5-9-14(13)15(17)19/h4-5,7,9H,3,6,8,10-11H2,1-2H3. The Balaban J connectivity index is 2.51. The van der Waals surface area contributed by atoms with E-state index < -0.39 is 11.4 Å². The summed E-state index contributed by atoms with van der Waals surface area (Å²) in [6.45, 7) is 3.31. The molecule has 0 aromatic heterocycles. The zero-order valence-electron chi connectivity index (χ0n) is 12.5. The van der Waals surface area contributed by atoms with Crippen molar-refractivity contribution in [3.05, 3.63) is 35.4 Å². The summed E-state index contributed by atoms with van der Waals surface area (Å²) in [6, 6.07) is 7.31. The summed E-state index contributed by atoms with van der Waals surface area (Å²) in [7, 11) is 0. The van der Waals surface area contributed by atoms with E-state index in [1.807, 2.05) is 12.1 Å². The van der Waals surface area contributed by atoms with Gasteiger partial charge in [0.15, 0.2) is 5.78 Å². The molecule has 2 rings (SSSR count). The molecule has 1 atom stereocenters. The predicted molar refractivity (Wildman–Crippen MR) is 78.1 cm³/mol. The predicted octanol–water partition coefficient (Wildman–Crippen LogP) is 2.73. The second-order valence-electron chi connectivity index (χ2n) is 5.52. The lowest BCUT2D eigenvalue weighted by Crippen LogP contribution is -2.42. The van der Waals surface area contributed by atoms with E-state index in [2.05, 4.69) is 0 Å². The van der Waals surface area contributed by atoms with Crippen LogP contribution in [0, 0.1) is 5.41 Å². The molecule has 1 unspecified atom stereocenters. The van der Waals surface area contributed by atoms with Crippen LogP contribution >= 0.6 is 0 Å². The fourth-order valence-corrected chi connectivity index (χ4v) is 3.04. The average molecular weight is 288 g/mol. The topological polar surface area (TPSA) is 60.4 Å². The number of aryl methyl sites for hydroxylation is 1. The lowest BCUT2D eigenvalue weighted by Gasteiger charge is -2.28. The molecule has 0 spiro atoms. The summed E-state index contributed by atoms with van der Waals surface area (Å²) in [4.78, 5) is 37.0. The number of hydrogen-bond acceptors (Lipinski definition) is 4. The maximum Gasteiger partial charge on any atom is 0.320 e. The third kappa shape index (κ3) is 2.89. The average Bonchev–Trinajstić information content (AvgIpc) is 2.58. The molecule has 1 aromatic rings. The van der Waals surface area contributed by atoms with Gasteiger partial charge in [-0.05, 0) is 38.7 Å². The normalized spacial score (nSPS) is 21.3. The lowest BCUT2D eigenvalue weighted by molar-refractivity contribution is -0.154. The number of carbonyl (C=O) groups is 3. The van der Waals surface area contributed by atoms with Gasteiger partial charge in [-0.2, -0.15) is 0 Å². The number of benzene rings is 1. The molecule has 4 nitrogen and oxygen atoms in total. The molecule has 0 fully saturated rings. The third-order valence-corrected chi connectivity index (χ3v) is 3.96. The van der Waals surface area contributed by atoms with E-state index in [0.29, 0.717) is 18.4 Å². The molecule has 4 heteroatoms. The first-order chi connectivity index (χ1) is 10.0. The zero-order valence-corrected chi connectivity index (χ0v) is 12.5. The molecule has 0 saturated heterocycles. The van der Waals surface area contributed by atoms with Crippen molar-refractivity contribution in [2.45, 2.75) is 39.5 Å². The summed E-state index contributed by atoms with van der Waals surface area (Å²) in [5, 5.41) is 0. The van der Waals surface area contributed by atoms with Gasteiger partial charge >= 0.3 is 5.97 Å². The van der Waals surface area contributed by atoms with Crippen LogP contribution < -0.4 is 0 Å². The second-order valence-corrected chi connectivity index (χ2v) is 5.52. The number of esters is 1. The van der Waals surface area contributed by atoms with Crippen LogP contribution in [0.15, 0.2) is 24.3 Å². The first-order valence-corrected chi connectivity index (χ1v) is 7.30. The molecule has 21 heavy (non-hydrogen) atoms. The molecule has 1 aromatic carbocycles. The maximum absolute atomic E-state index is 13.0. The number of ether oxygens (including phenoxy) is 1. The van der Waals surface area contributed by atoms with E-state index in [1.54, 1.807) is 19.1 Å². The Bertz CT molecular complexity index is 576. The summed E-state index contributed by atoms with van der Waals surface area (Å²) in [5.74, 6) is -1.01. The number of ketones is 2. The largest absolute Gasteiger partial charge is 0.465 e. The van der Waals surface area contributed by atoms with Crippen molar-refractivity contribution in [2.75, 3.05) is 6.61 Å². The van der Waals surface area contributed by atoms with Gasteiger partial charge in [0.05, 0.1) is 6.61 Å². The molecule has 0 N–H and O–H groups in total. The molecule has 0 heterocycles. The SMILES string of the molecule is CCOC(=O)C1(CC(C)=O)CCCc2ccccc2C1=O. The van der Waals surface area contributed by atoms with Crippen molar-refractivity contribution in [1.29, 1.82) is 0 Å². The van der Waals surface area contributed by atoms with Crippen LogP contribution in [-0.4, -0.2) is 24.1 Å². The minimum absolute atomic E-state index is 0.0843. The van der Waals surface area contributed by atoms with Crippen LogP contribution in [0.3, 0.4) is 0 Å². The van der Waals surface area contributed by atoms with Gasteiger partial charge in [-0.15, -0.1) is 0 Å². The number of fused-ring (bicyclic) bond motifs is 1. The van der Waals surface area contributed by atoms with Gasteiger partial charge in [-0.3, -0.25) is 14.4 Å². The highest BCUT2D eigenvalue weighted by Gasteiger charge is 2.49. The molecular weight excluding hydrogens is 268 g/mol. The van der Waals surface area contributed by atoms with E-state index >= 15 is 0 Å². The van der Waals surface area contributed by atoms with Crippen LogP contribution in [0.2, 0.25) is 0 Å². The van der Waals surface area contributed by atoms with Gasteiger partial charge < -0.3 is 4.74 Å². The Morgan fingerprint density at radius 3 is 2.67 bits per heavy atom. The highest BCUT2D eigenvalue weighted by Crippen LogP contribution is 2.38. The van der Waals surface area contributed by atoms with Crippen molar-refractivity contribution in [3.8, 4) is 0 Å². The Kier molecular flexibility index (Phi) is 4.56. The Hall–Kier alpha value is -1.97. The van der Waals surface area contributed by atoms with Crippen molar-refractivity contribution in [2.24, 2.45) is 5.41 Å². The van der Waals surface area contributed by atoms with Gasteiger partial charge in [0.2, 0.25) is 0 Å². The van der Waals surface area contributed by atoms with E-state index in [1.165, 1.54) is 6.92 Å². The van der Waals surface area contributed by atoms with E-state index in [0.717, 1.165) is 12.0 Å².